The Bertz CT molecular complexity index is 463. The summed E-state index contributed by atoms with van der Waals surface area (Å²) in [6, 6.07) is 0. The van der Waals surface area contributed by atoms with E-state index in [1.54, 1.807) is 0 Å². The summed E-state index contributed by atoms with van der Waals surface area (Å²) in [5, 5.41) is 0. The van der Waals surface area contributed by atoms with Crippen molar-refractivity contribution >= 4 is 33.6 Å². The van der Waals surface area contributed by atoms with Gasteiger partial charge in [0.25, 0.3) is 0 Å². The average molecular weight is 297 g/mol. The van der Waals surface area contributed by atoms with Crippen molar-refractivity contribution in [2.24, 2.45) is 5.90 Å². The molecule has 0 aromatic carbocycles. The molecule has 0 radical (unpaired) electrons. The van der Waals surface area contributed by atoms with Crippen molar-refractivity contribution in [3.63, 3.8) is 0 Å². The predicted octanol–water partition coefficient (Wildman–Crippen LogP) is -2.55. The Hall–Kier alpha value is -0.0131. The molecule has 0 unspecified atom stereocenters. The molecule has 12 heteroatoms. The molecule has 0 aromatic rings. The van der Waals surface area contributed by atoms with Crippen LogP contribution in [0, 0.1) is 0 Å². The van der Waals surface area contributed by atoms with Crippen LogP contribution >= 0.6 is 0 Å². The van der Waals surface area contributed by atoms with Gasteiger partial charge in [-0.1, -0.05) is 0 Å². The third-order valence-electron chi connectivity index (χ3n) is 1.51. The smallest absolute Gasteiger partial charge is 0.301 e. The molecule has 2 N–H and O–H groups in total. The summed E-state index contributed by atoms with van der Waals surface area (Å²) in [6.07, 6.45) is 1.40. The number of hydrogen-bond donors (Lipinski definition) is 1. The fourth-order valence-corrected chi connectivity index (χ4v) is 24.6. The highest BCUT2D eigenvalue weighted by Crippen LogP contribution is 2.23. The second-order valence-corrected chi connectivity index (χ2v) is 23.0. The summed E-state index contributed by atoms with van der Waals surface area (Å²) in [4.78, 5) is 0. The summed E-state index contributed by atoms with van der Waals surface area (Å²) in [7, 11) is -13.4. The van der Waals surface area contributed by atoms with Crippen LogP contribution in [0.15, 0.2) is 0 Å². The van der Waals surface area contributed by atoms with Gasteiger partial charge in [0.2, 0.25) is 0 Å². The number of hydrogen-bond acceptors (Lipinski definition) is 8. The zero-order valence-corrected chi connectivity index (χ0v) is 11.6. The second kappa shape index (κ2) is 3.78. The minimum atomic E-state index is -5.18. The van der Waals surface area contributed by atoms with Crippen LogP contribution in [0.2, 0.25) is 0 Å². The topological polar surface area (TPSA) is 138 Å². The maximum atomic E-state index is 11.3. The molecule has 0 heterocycles. The fourth-order valence-electron chi connectivity index (χ4n) is 1.09. The van der Waals surface area contributed by atoms with Crippen LogP contribution in [0.3, 0.4) is 0 Å². The summed E-state index contributed by atoms with van der Waals surface area (Å²) < 4.78 is 71.6. The van der Waals surface area contributed by atoms with E-state index in [2.05, 4.69) is 10.4 Å². The summed E-state index contributed by atoms with van der Waals surface area (Å²) in [6.45, 7) is 0. The molecular formula is C3H11NO7S3Si. The van der Waals surface area contributed by atoms with E-state index in [-0.39, 0.29) is 0 Å². The SMILES string of the molecule is CS(=O)(=O)[Si](ON)(S(C)(=O)=O)S(C)(=O)=O. The third kappa shape index (κ3) is 2.23. The van der Waals surface area contributed by atoms with Gasteiger partial charge in [0.1, 0.15) is 0 Å². The Kier molecular flexibility index (Phi) is 3.78. The van der Waals surface area contributed by atoms with Gasteiger partial charge in [-0.05, 0) is 0 Å². The van der Waals surface area contributed by atoms with E-state index in [0.717, 1.165) is 0 Å². The molecular weight excluding hydrogens is 286 g/mol. The highest BCUT2D eigenvalue weighted by atomic mass is 32.8. The second-order valence-electron chi connectivity index (χ2n) is 2.93. The average Bonchev–Trinajstić information content (AvgIpc) is 1.76. The Balaban J connectivity index is 6.58. The van der Waals surface area contributed by atoms with Gasteiger partial charge in [-0.15, -0.1) is 0 Å². The first-order valence-electron chi connectivity index (χ1n) is 3.28. The van der Waals surface area contributed by atoms with Crippen molar-refractivity contribution in [1.29, 1.82) is 0 Å². The van der Waals surface area contributed by atoms with Gasteiger partial charge in [0, 0.05) is 18.8 Å². The van der Waals surface area contributed by atoms with Gasteiger partial charge < -0.3 is 4.53 Å². The van der Waals surface area contributed by atoms with Crippen molar-refractivity contribution in [2.75, 3.05) is 18.8 Å². The predicted molar refractivity (Wildman–Crippen MR) is 55.6 cm³/mol. The molecule has 0 atom stereocenters. The van der Waals surface area contributed by atoms with Crippen molar-refractivity contribution in [3.05, 3.63) is 0 Å². The van der Waals surface area contributed by atoms with Crippen molar-refractivity contribution in [3.8, 4) is 0 Å². The van der Waals surface area contributed by atoms with E-state index < -0.39 is 33.6 Å². The van der Waals surface area contributed by atoms with E-state index in [9.17, 15) is 25.3 Å². The Morgan fingerprint density at radius 1 is 0.800 bits per heavy atom. The Morgan fingerprint density at radius 3 is 1.00 bits per heavy atom. The normalized spacial score (nSPS) is 15.2. The van der Waals surface area contributed by atoms with Gasteiger partial charge in [-0.25, -0.2) is 31.2 Å². The van der Waals surface area contributed by atoms with E-state index >= 15 is 0 Å². The minimum Gasteiger partial charge on any atom is -0.301 e. The minimum absolute atomic E-state index is 0.466. The van der Waals surface area contributed by atoms with E-state index in [1.807, 2.05) is 0 Å². The Labute approximate surface area is 88.2 Å². The standard InChI is InChI=1S/C3H11NO7S3Si/c1-12(5,6)15(11-4,13(2,7)8)14(3,9)10/h4H2,1-3H3. The monoisotopic (exact) mass is 297 g/mol. The van der Waals surface area contributed by atoms with Gasteiger partial charge in [-0.3, -0.25) is 0 Å². The van der Waals surface area contributed by atoms with Crippen LogP contribution in [-0.4, -0.2) is 49.8 Å². The van der Waals surface area contributed by atoms with Crippen LogP contribution in [0.1, 0.15) is 0 Å². The lowest BCUT2D eigenvalue weighted by Crippen LogP contribution is -2.61. The molecule has 0 amide bonds. The number of nitrogens with two attached hydrogens (primary N) is 1. The van der Waals surface area contributed by atoms with Crippen LogP contribution in [0.5, 0.6) is 0 Å². The first-order valence-corrected chi connectivity index (χ1v) is 13.0. The molecule has 8 nitrogen and oxygen atoms in total. The van der Waals surface area contributed by atoms with Crippen molar-refractivity contribution < 1.29 is 29.8 Å². The lowest BCUT2D eigenvalue weighted by molar-refractivity contribution is 0.350. The third-order valence-corrected chi connectivity index (χ3v) is 29.9. The lowest BCUT2D eigenvalue weighted by atomic mass is 12.0. The van der Waals surface area contributed by atoms with Crippen LogP contribution in [0.4, 0.5) is 0 Å². The van der Waals surface area contributed by atoms with Crippen LogP contribution in [-0.2, 0) is 32.4 Å². The highest BCUT2D eigenvalue weighted by Gasteiger charge is 2.68. The van der Waals surface area contributed by atoms with E-state index in [0.29, 0.717) is 18.8 Å². The van der Waals surface area contributed by atoms with Crippen molar-refractivity contribution in [2.45, 2.75) is 0 Å². The molecule has 0 saturated carbocycles. The van der Waals surface area contributed by atoms with Gasteiger partial charge >= 0.3 is 5.77 Å². The quantitative estimate of drug-likeness (QED) is 0.442. The maximum Gasteiger partial charge on any atom is 0.592 e. The Morgan fingerprint density at radius 2 is 1.00 bits per heavy atom. The molecule has 92 valence electrons. The molecule has 0 rings (SSSR count). The zero-order chi connectivity index (χ0) is 12.7. The molecule has 0 saturated heterocycles. The van der Waals surface area contributed by atoms with Crippen molar-refractivity contribution in [1.82, 2.24) is 0 Å². The molecule has 0 spiro atoms. The summed E-state index contributed by atoms with van der Waals surface area (Å²) in [5.74, 6) is -0.589. The largest absolute Gasteiger partial charge is 0.592 e. The first-order chi connectivity index (χ1) is 6.31. The fraction of sp³-hybridized carbons (Fsp3) is 1.00. The number of rotatable bonds is 4. The lowest BCUT2D eigenvalue weighted by Gasteiger charge is -2.20. The highest BCUT2D eigenvalue weighted by molar-refractivity contribution is 8.72. The summed E-state index contributed by atoms with van der Waals surface area (Å²) >= 11 is 0. The van der Waals surface area contributed by atoms with E-state index in [1.165, 1.54) is 0 Å². The van der Waals surface area contributed by atoms with Gasteiger partial charge in [0.15, 0.2) is 27.9 Å². The molecule has 0 bridgehead atoms. The summed E-state index contributed by atoms with van der Waals surface area (Å²) in [5.41, 5.74) is 0. The van der Waals surface area contributed by atoms with E-state index in [4.69, 9.17) is 0 Å². The molecule has 0 fully saturated rings. The maximum absolute atomic E-state index is 11.3. The molecule has 0 aliphatic heterocycles. The van der Waals surface area contributed by atoms with Gasteiger partial charge in [0.05, 0.1) is 0 Å². The molecule has 15 heavy (non-hydrogen) atoms. The zero-order valence-electron chi connectivity index (χ0n) is 8.16. The van der Waals surface area contributed by atoms with Crippen LogP contribution in [0.25, 0.3) is 0 Å². The molecule has 0 aliphatic carbocycles. The van der Waals surface area contributed by atoms with Gasteiger partial charge in [-0.2, -0.15) is 0 Å². The van der Waals surface area contributed by atoms with Crippen LogP contribution < -0.4 is 5.90 Å². The molecule has 0 aromatic heterocycles. The molecule has 0 aliphatic rings. The first kappa shape index (κ1) is 15.0.